The number of rotatable bonds is 7. The monoisotopic (exact) mass is 470 g/mol. The second-order valence-electron chi connectivity index (χ2n) is 5.70. The molecule has 0 aliphatic heterocycles. The van der Waals surface area contributed by atoms with Crippen LogP contribution in [0, 0.1) is 0 Å². The maximum absolute atomic E-state index is 11.4. The lowest BCUT2D eigenvalue weighted by Crippen LogP contribution is -2.45. The highest BCUT2D eigenvalue weighted by molar-refractivity contribution is 14.0. The lowest BCUT2D eigenvalue weighted by Gasteiger charge is -2.24. The van der Waals surface area contributed by atoms with Gasteiger partial charge < -0.3 is 15.4 Å². The smallest absolute Gasteiger partial charge is 0.238 e. The Kier molecular flexibility index (Phi) is 9.78. The highest BCUT2D eigenvalue weighted by Gasteiger charge is 2.16. The Bertz CT molecular complexity index is 648. The van der Waals surface area contributed by atoms with E-state index in [4.69, 9.17) is 9.88 Å². The molecule has 7 nitrogen and oxygen atoms in total. The van der Waals surface area contributed by atoms with Crippen molar-refractivity contribution in [3.8, 4) is 0 Å². The summed E-state index contributed by atoms with van der Waals surface area (Å²) in [5, 5.41) is 11.5. The Morgan fingerprint density at radius 2 is 2.00 bits per heavy atom. The number of methoxy groups -OCH3 is 1. The van der Waals surface area contributed by atoms with E-state index in [0.717, 1.165) is 12.1 Å². The van der Waals surface area contributed by atoms with Gasteiger partial charge in [-0.1, -0.05) is 12.1 Å². The number of hydrogen-bond acceptors (Lipinski definition) is 4. The van der Waals surface area contributed by atoms with Crippen LogP contribution < -0.4 is 15.8 Å². The molecule has 0 fully saturated rings. The predicted molar refractivity (Wildman–Crippen MR) is 107 cm³/mol. The van der Waals surface area contributed by atoms with Crippen LogP contribution in [0.1, 0.15) is 26.3 Å². The largest absolute Gasteiger partial charge is 0.377 e. The number of benzene rings is 1. The topological polar surface area (TPSA) is 106 Å². The fraction of sp³-hybridized carbons (Fsp3) is 0.533. The molecule has 0 saturated carbocycles. The van der Waals surface area contributed by atoms with Crippen molar-refractivity contribution in [2.45, 2.75) is 37.8 Å². The first-order chi connectivity index (χ1) is 10.7. The van der Waals surface area contributed by atoms with E-state index in [2.05, 4.69) is 15.6 Å². The van der Waals surface area contributed by atoms with E-state index in [1.54, 1.807) is 19.2 Å². The zero-order chi connectivity index (χ0) is 17.5. The summed E-state index contributed by atoms with van der Waals surface area (Å²) in [6, 6.07) is 6.45. The van der Waals surface area contributed by atoms with Gasteiger partial charge in [0.15, 0.2) is 5.96 Å². The van der Waals surface area contributed by atoms with Gasteiger partial charge in [-0.05, 0) is 38.5 Å². The van der Waals surface area contributed by atoms with E-state index in [0.29, 0.717) is 19.0 Å². The molecule has 9 heteroatoms. The molecule has 0 amide bonds. The van der Waals surface area contributed by atoms with Gasteiger partial charge in [-0.2, -0.15) is 0 Å². The zero-order valence-corrected chi connectivity index (χ0v) is 17.6. The molecule has 0 saturated heterocycles. The van der Waals surface area contributed by atoms with Crippen molar-refractivity contribution < 1.29 is 13.2 Å². The molecule has 24 heavy (non-hydrogen) atoms. The number of nitrogens with zero attached hydrogens (tertiary/aromatic N) is 1. The Hall–Kier alpha value is -0.910. The summed E-state index contributed by atoms with van der Waals surface area (Å²) < 4.78 is 28.1. The van der Waals surface area contributed by atoms with Crippen molar-refractivity contribution in [1.29, 1.82) is 0 Å². The van der Waals surface area contributed by atoms with E-state index < -0.39 is 10.0 Å². The van der Waals surface area contributed by atoms with Crippen LogP contribution in [0.4, 0.5) is 0 Å². The Balaban J connectivity index is 0.00000529. The SMILES string of the molecule is CCNC(=NCc1cccc(S(N)(=O)=O)c1)NCC(C)(C)OC.I. The van der Waals surface area contributed by atoms with Crippen molar-refractivity contribution in [2.24, 2.45) is 10.1 Å². The standard InChI is InChI=1S/C15H26N4O3S.HI/c1-5-17-14(19-11-15(2,3)22-4)18-10-12-7-6-8-13(9-12)23(16,20)21;/h6-9H,5,10-11H2,1-4H3,(H2,16,20,21)(H2,17,18,19);1H. The van der Waals surface area contributed by atoms with Gasteiger partial charge in [-0.3, -0.25) is 0 Å². The van der Waals surface area contributed by atoms with Crippen LogP contribution in [0.25, 0.3) is 0 Å². The van der Waals surface area contributed by atoms with Gasteiger partial charge in [0, 0.05) is 20.2 Å². The first-order valence-electron chi connectivity index (χ1n) is 7.37. The molecule has 1 aromatic carbocycles. The summed E-state index contributed by atoms with van der Waals surface area (Å²) in [6.45, 7) is 7.56. The van der Waals surface area contributed by atoms with Crippen LogP contribution in [0.15, 0.2) is 34.2 Å². The van der Waals surface area contributed by atoms with Crippen LogP contribution in [-0.4, -0.2) is 40.2 Å². The first-order valence-corrected chi connectivity index (χ1v) is 8.91. The quantitative estimate of drug-likeness (QED) is 0.318. The average molecular weight is 470 g/mol. The van der Waals surface area contributed by atoms with Gasteiger partial charge in [-0.25, -0.2) is 18.5 Å². The number of nitrogens with one attached hydrogen (secondary N) is 2. The summed E-state index contributed by atoms with van der Waals surface area (Å²) in [7, 11) is -2.05. The third-order valence-electron chi connectivity index (χ3n) is 3.23. The molecule has 4 N–H and O–H groups in total. The number of aliphatic imine (C=N–C) groups is 1. The number of sulfonamides is 1. The highest BCUT2D eigenvalue weighted by Crippen LogP contribution is 2.10. The Morgan fingerprint density at radius 3 is 2.54 bits per heavy atom. The minimum atomic E-state index is -3.70. The molecule has 0 spiro atoms. The van der Waals surface area contributed by atoms with E-state index in [1.165, 1.54) is 12.1 Å². The molecule has 1 aromatic rings. The molecule has 0 aromatic heterocycles. The summed E-state index contributed by atoms with van der Waals surface area (Å²) in [6.07, 6.45) is 0. The molecule has 0 aliphatic carbocycles. The van der Waals surface area contributed by atoms with Crippen molar-refractivity contribution >= 4 is 40.0 Å². The average Bonchev–Trinajstić information content (AvgIpc) is 2.49. The third kappa shape index (κ3) is 8.27. The van der Waals surface area contributed by atoms with Gasteiger partial charge in [0.2, 0.25) is 10.0 Å². The normalized spacial score (nSPS) is 12.5. The highest BCUT2D eigenvalue weighted by atomic mass is 127. The number of halogens is 1. The molecule has 0 atom stereocenters. The van der Waals surface area contributed by atoms with E-state index in [-0.39, 0.29) is 34.5 Å². The van der Waals surface area contributed by atoms with E-state index in [9.17, 15) is 8.42 Å². The van der Waals surface area contributed by atoms with Crippen molar-refractivity contribution in [3.63, 3.8) is 0 Å². The molecule has 0 heterocycles. The van der Waals surface area contributed by atoms with Gasteiger partial charge in [0.25, 0.3) is 0 Å². The van der Waals surface area contributed by atoms with Gasteiger partial charge in [0.1, 0.15) is 0 Å². The van der Waals surface area contributed by atoms with Gasteiger partial charge in [0.05, 0.1) is 17.0 Å². The number of ether oxygens (including phenoxy) is 1. The van der Waals surface area contributed by atoms with E-state index in [1.807, 2.05) is 20.8 Å². The van der Waals surface area contributed by atoms with Gasteiger partial charge >= 0.3 is 0 Å². The molecule has 0 aliphatic rings. The Labute approximate surface area is 161 Å². The van der Waals surface area contributed by atoms with Crippen molar-refractivity contribution in [2.75, 3.05) is 20.2 Å². The lowest BCUT2D eigenvalue weighted by atomic mass is 10.1. The molecule has 0 bridgehead atoms. The summed E-state index contributed by atoms with van der Waals surface area (Å²) in [5.41, 5.74) is 0.448. The third-order valence-corrected chi connectivity index (χ3v) is 4.14. The number of primary sulfonamides is 1. The second kappa shape index (κ2) is 10.2. The van der Waals surface area contributed by atoms with Crippen molar-refractivity contribution in [1.82, 2.24) is 10.6 Å². The molecule has 0 radical (unpaired) electrons. The fourth-order valence-corrected chi connectivity index (χ4v) is 2.29. The predicted octanol–water partition coefficient (Wildman–Crippen LogP) is 1.43. The minimum absolute atomic E-state index is 0. The first kappa shape index (κ1) is 23.1. The summed E-state index contributed by atoms with van der Waals surface area (Å²) >= 11 is 0. The maximum Gasteiger partial charge on any atom is 0.238 e. The van der Waals surface area contributed by atoms with Crippen LogP contribution in [0.3, 0.4) is 0 Å². The minimum Gasteiger partial charge on any atom is -0.377 e. The van der Waals surface area contributed by atoms with E-state index >= 15 is 0 Å². The molecule has 0 unspecified atom stereocenters. The van der Waals surface area contributed by atoms with Crippen LogP contribution in [-0.2, 0) is 21.3 Å². The van der Waals surface area contributed by atoms with Crippen LogP contribution in [0.5, 0.6) is 0 Å². The number of nitrogens with two attached hydrogens (primary N) is 1. The fourth-order valence-electron chi connectivity index (χ4n) is 1.70. The van der Waals surface area contributed by atoms with Crippen LogP contribution >= 0.6 is 24.0 Å². The lowest BCUT2D eigenvalue weighted by molar-refractivity contribution is 0.0268. The van der Waals surface area contributed by atoms with Crippen molar-refractivity contribution in [3.05, 3.63) is 29.8 Å². The zero-order valence-electron chi connectivity index (χ0n) is 14.5. The van der Waals surface area contributed by atoms with Crippen LogP contribution in [0.2, 0.25) is 0 Å². The maximum atomic E-state index is 11.4. The molecule has 138 valence electrons. The molecule has 1 rings (SSSR count). The summed E-state index contributed by atoms with van der Waals surface area (Å²) in [4.78, 5) is 4.53. The summed E-state index contributed by atoms with van der Waals surface area (Å²) in [5.74, 6) is 0.638. The number of guanidine groups is 1. The second-order valence-corrected chi connectivity index (χ2v) is 7.27. The van der Waals surface area contributed by atoms with Gasteiger partial charge in [-0.15, -0.1) is 24.0 Å². The Morgan fingerprint density at radius 1 is 1.33 bits per heavy atom. The molecular weight excluding hydrogens is 443 g/mol. The molecular formula is C15H27IN4O3S. The number of hydrogen-bond donors (Lipinski definition) is 3.